The molecule has 0 amide bonds. The van der Waals surface area contributed by atoms with Gasteiger partial charge in [0, 0.05) is 0 Å². The van der Waals surface area contributed by atoms with Crippen molar-refractivity contribution in [3.8, 4) is 11.8 Å². The quantitative estimate of drug-likeness (QED) is 0.624. The number of nitrogens with zero attached hydrogens (tertiary/aromatic N) is 3. The topological polar surface area (TPSA) is 47.5 Å². The van der Waals surface area contributed by atoms with Gasteiger partial charge in [-0.05, 0) is 14.0 Å². The zero-order chi connectivity index (χ0) is 10.7. The van der Waals surface area contributed by atoms with Gasteiger partial charge in [-0.25, -0.2) is 0 Å². The van der Waals surface area contributed by atoms with Crippen LogP contribution in [0.15, 0.2) is 0 Å². The van der Waals surface area contributed by atoms with Gasteiger partial charge in [-0.15, -0.1) is 0 Å². The summed E-state index contributed by atoms with van der Waals surface area (Å²) in [5.41, 5.74) is 0.806. The zero-order valence-corrected chi connectivity index (χ0v) is 9.16. The predicted molar refractivity (Wildman–Crippen MR) is 56.8 cm³/mol. The third kappa shape index (κ3) is 1.89. The molecule has 0 bridgehead atoms. The molecule has 0 aliphatic carbocycles. The molecule has 0 unspecified atom stereocenters. The van der Waals surface area contributed by atoms with Gasteiger partial charge in [-0.2, -0.15) is 9.97 Å². The molecule has 1 heterocycles. The highest BCUT2D eigenvalue weighted by molar-refractivity contribution is 6.16. The van der Waals surface area contributed by atoms with E-state index < -0.39 is 0 Å². The fourth-order valence-corrected chi connectivity index (χ4v) is 1.06. The molecular weight excluding hydrogens is 181 g/mol. The molecule has 0 aliphatic heterocycles. The van der Waals surface area contributed by atoms with Crippen LogP contribution in [0.4, 0.5) is 5.95 Å². The summed E-state index contributed by atoms with van der Waals surface area (Å²) < 4.78 is 10.2. The lowest BCUT2D eigenvalue weighted by Gasteiger charge is -2.14. The summed E-state index contributed by atoms with van der Waals surface area (Å²) in [5.74, 6) is 1.66. The lowest BCUT2D eigenvalue weighted by molar-refractivity contribution is 0.366. The van der Waals surface area contributed by atoms with E-state index >= 15 is 0 Å². The maximum atomic E-state index is 5.12. The highest BCUT2D eigenvalue weighted by Crippen LogP contribution is 2.25. The largest absolute Gasteiger partial charge is 0.481 e. The summed E-state index contributed by atoms with van der Waals surface area (Å²) in [6, 6.07) is 0. The molecule has 1 rings (SSSR count). The van der Waals surface area contributed by atoms with E-state index in [0.29, 0.717) is 17.7 Å². The Morgan fingerprint density at radius 2 is 1.57 bits per heavy atom. The second kappa shape index (κ2) is 4.17. The summed E-state index contributed by atoms with van der Waals surface area (Å²) >= 11 is 0. The summed E-state index contributed by atoms with van der Waals surface area (Å²) in [5, 5.41) is 0. The number of anilines is 1. The van der Waals surface area contributed by atoms with Crippen molar-refractivity contribution >= 4 is 13.9 Å². The molecule has 0 N–H and O–H groups in total. The van der Waals surface area contributed by atoms with Crippen molar-refractivity contribution in [3.63, 3.8) is 0 Å². The average Bonchev–Trinajstić information content (AvgIpc) is 2.17. The summed E-state index contributed by atoms with van der Waals surface area (Å²) in [7, 11) is 6.88. The van der Waals surface area contributed by atoms with Gasteiger partial charge in [0.2, 0.25) is 25.7 Å². The summed E-state index contributed by atoms with van der Waals surface area (Å²) in [4.78, 5) is 10.2. The SMILES string of the molecule is BN(C)c1nc(OC)c(C)c(OC)n1. The van der Waals surface area contributed by atoms with Crippen LogP contribution in [0.3, 0.4) is 0 Å². The Balaban J connectivity index is 3.25. The van der Waals surface area contributed by atoms with Crippen molar-refractivity contribution in [2.24, 2.45) is 0 Å². The minimum atomic E-state index is 0.542. The van der Waals surface area contributed by atoms with Crippen LogP contribution in [0, 0.1) is 6.92 Å². The molecule has 0 spiro atoms. The van der Waals surface area contributed by atoms with Crippen molar-refractivity contribution < 1.29 is 9.47 Å². The van der Waals surface area contributed by atoms with Gasteiger partial charge in [0.1, 0.15) is 0 Å². The highest BCUT2D eigenvalue weighted by Gasteiger charge is 2.12. The van der Waals surface area contributed by atoms with Crippen molar-refractivity contribution in [1.82, 2.24) is 9.97 Å². The Labute approximate surface area is 84.5 Å². The molecule has 0 radical (unpaired) electrons. The summed E-state index contributed by atoms with van der Waals surface area (Å²) in [6.07, 6.45) is 0. The van der Waals surface area contributed by atoms with Crippen LogP contribution in [0.5, 0.6) is 11.8 Å². The van der Waals surface area contributed by atoms with Gasteiger partial charge in [0.05, 0.1) is 19.8 Å². The molecule has 1 aromatic heterocycles. The number of hydrogen-bond acceptors (Lipinski definition) is 5. The Kier molecular flexibility index (Phi) is 3.16. The van der Waals surface area contributed by atoms with Crippen LogP contribution < -0.4 is 14.3 Å². The first-order valence-electron chi connectivity index (χ1n) is 4.24. The Hall–Kier alpha value is -1.46. The predicted octanol–water partition coefficient (Wildman–Crippen LogP) is -0.213. The number of ether oxygens (including phenoxy) is 2. The van der Waals surface area contributed by atoms with Crippen molar-refractivity contribution in [3.05, 3.63) is 5.56 Å². The number of rotatable bonds is 3. The lowest BCUT2D eigenvalue weighted by Crippen LogP contribution is -2.16. The molecule has 76 valence electrons. The van der Waals surface area contributed by atoms with Crippen LogP contribution in [-0.4, -0.2) is 39.2 Å². The van der Waals surface area contributed by atoms with Crippen molar-refractivity contribution in [1.29, 1.82) is 0 Å². The van der Waals surface area contributed by atoms with Gasteiger partial charge < -0.3 is 14.3 Å². The molecule has 1 aromatic rings. The highest BCUT2D eigenvalue weighted by atomic mass is 16.5. The summed E-state index contributed by atoms with van der Waals surface area (Å²) in [6.45, 7) is 1.86. The normalized spacial score (nSPS) is 9.71. The van der Waals surface area contributed by atoms with Gasteiger partial charge >= 0.3 is 0 Å². The number of hydrogen-bond donors (Lipinski definition) is 0. The number of aromatic nitrogens is 2. The molecule has 0 aromatic carbocycles. The Morgan fingerprint density at radius 3 is 1.86 bits per heavy atom. The molecule has 0 saturated carbocycles. The monoisotopic (exact) mass is 195 g/mol. The van der Waals surface area contributed by atoms with E-state index in [2.05, 4.69) is 9.97 Å². The second-order valence-electron chi connectivity index (χ2n) is 3.06. The van der Waals surface area contributed by atoms with E-state index in [4.69, 9.17) is 9.47 Å². The Morgan fingerprint density at radius 1 is 1.14 bits per heavy atom. The van der Waals surface area contributed by atoms with Crippen LogP contribution in [0.1, 0.15) is 5.56 Å². The maximum Gasteiger partial charge on any atom is 0.224 e. The molecular formula is C8H14BN3O2. The van der Waals surface area contributed by atoms with Crippen LogP contribution >= 0.6 is 0 Å². The third-order valence-corrected chi connectivity index (χ3v) is 1.83. The van der Waals surface area contributed by atoms with Crippen molar-refractivity contribution in [2.75, 3.05) is 26.1 Å². The van der Waals surface area contributed by atoms with Gasteiger partial charge in [-0.3, -0.25) is 0 Å². The Bertz CT molecular complexity index is 305. The minimum Gasteiger partial charge on any atom is -0.481 e. The molecule has 0 atom stereocenters. The van der Waals surface area contributed by atoms with E-state index in [9.17, 15) is 0 Å². The van der Waals surface area contributed by atoms with Gasteiger partial charge in [-0.1, -0.05) is 0 Å². The maximum absolute atomic E-state index is 5.12. The van der Waals surface area contributed by atoms with E-state index in [1.165, 1.54) is 0 Å². The van der Waals surface area contributed by atoms with Crippen molar-refractivity contribution in [2.45, 2.75) is 6.92 Å². The zero-order valence-electron chi connectivity index (χ0n) is 9.16. The van der Waals surface area contributed by atoms with E-state index in [0.717, 1.165) is 5.56 Å². The van der Waals surface area contributed by atoms with Crippen LogP contribution in [-0.2, 0) is 0 Å². The third-order valence-electron chi connectivity index (χ3n) is 1.83. The minimum absolute atomic E-state index is 0.542. The number of methoxy groups -OCH3 is 2. The van der Waals surface area contributed by atoms with E-state index in [1.54, 1.807) is 19.0 Å². The molecule has 0 saturated heterocycles. The standard InChI is InChI=1S/C8H14BN3O2/c1-5-6(13-3)10-8(12(2)9)11-7(5)14-4/h9H2,1-4H3. The lowest BCUT2D eigenvalue weighted by atomic mass is 10.3. The first-order chi connectivity index (χ1) is 6.60. The smallest absolute Gasteiger partial charge is 0.224 e. The molecule has 14 heavy (non-hydrogen) atoms. The molecule has 5 nitrogen and oxygen atoms in total. The molecule has 0 aliphatic rings. The van der Waals surface area contributed by atoms with E-state index in [-0.39, 0.29) is 0 Å². The molecule has 0 fully saturated rings. The van der Waals surface area contributed by atoms with E-state index in [1.807, 2.05) is 22.0 Å². The first kappa shape index (κ1) is 10.6. The first-order valence-corrected chi connectivity index (χ1v) is 4.24. The fraction of sp³-hybridized carbons (Fsp3) is 0.500. The average molecular weight is 195 g/mol. The van der Waals surface area contributed by atoms with Gasteiger partial charge in [0.15, 0.2) is 0 Å². The van der Waals surface area contributed by atoms with Crippen LogP contribution in [0.2, 0.25) is 0 Å². The van der Waals surface area contributed by atoms with Gasteiger partial charge in [0.25, 0.3) is 0 Å². The fourth-order valence-electron chi connectivity index (χ4n) is 1.06. The van der Waals surface area contributed by atoms with Crippen LogP contribution in [0.25, 0.3) is 0 Å². The molecule has 6 heteroatoms. The second-order valence-corrected chi connectivity index (χ2v) is 3.06.